The van der Waals surface area contributed by atoms with Crippen molar-refractivity contribution >= 4 is 11.5 Å². The second-order valence-electron chi connectivity index (χ2n) is 6.14. The summed E-state index contributed by atoms with van der Waals surface area (Å²) in [6, 6.07) is 8.03. The van der Waals surface area contributed by atoms with Crippen LogP contribution in [0, 0.1) is 5.92 Å². The molecule has 0 amide bonds. The Morgan fingerprint density at radius 1 is 1.30 bits per heavy atom. The second kappa shape index (κ2) is 6.77. The molecular formula is C18H22N4O. The van der Waals surface area contributed by atoms with Crippen LogP contribution in [0.2, 0.25) is 0 Å². The zero-order valence-electron chi connectivity index (χ0n) is 13.5. The molecule has 5 heteroatoms. The maximum atomic E-state index is 11.4. The number of Topliss-reactive ketones (excluding diaryl/α,β-unsaturated/α-hetero) is 1. The van der Waals surface area contributed by atoms with Crippen molar-refractivity contribution < 1.29 is 4.79 Å². The van der Waals surface area contributed by atoms with Crippen molar-refractivity contribution in [3.63, 3.8) is 0 Å². The van der Waals surface area contributed by atoms with E-state index in [1.165, 1.54) is 0 Å². The molecule has 0 saturated carbocycles. The van der Waals surface area contributed by atoms with Crippen molar-refractivity contribution in [1.82, 2.24) is 19.9 Å². The lowest BCUT2D eigenvalue weighted by atomic mass is 9.92. The van der Waals surface area contributed by atoms with Gasteiger partial charge in [-0.2, -0.15) is 15.0 Å². The van der Waals surface area contributed by atoms with E-state index in [0.717, 1.165) is 42.9 Å². The Hall–Kier alpha value is -2.43. The first kappa shape index (κ1) is 15.5. The van der Waals surface area contributed by atoms with Gasteiger partial charge in [0.25, 0.3) is 0 Å². The SMILES string of the molecule is C=C(c1ccccc1-n1nccn1)N1CCCC(CC(C)=O)C1. The van der Waals surface area contributed by atoms with Crippen molar-refractivity contribution in [3.05, 3.63) is 48.8 Å². The fourth-order valence-corrected chi connectivity index (χ4v) is 3.29. The third-order valence-electron chi connectivity index (χ3n) is 4.33. The van der Waals surface area contributed by atoms with Crippen molar-refractivity contribution in [2.24, 2.45) is 5.92 Å². The third-order valence-corrected chi connectivity index (χ3v) is 4.33. The number of carbonyl (C=O) groups excluding carboxylic acids is 1. The summed E-state index contributed by atoms with van der Waals surface area (Å²) in [5, 5.41) is 8.46. The molecule has 1 saturated heterocycles. The van der Waals surface area contributed by atoms with Crippen LogP contribution in [0.1, 0.15) is 31.7 Å². The summed E-state index contributed by atoms with van der Waals surface area (Å²) in [4.78, 5) is 15.3. The molecule has 1 unspecified atom stereocenters. The van der Waals surface area contributed by atoms with E-state index in [-0.39, 0.29) is 5.78 Å². The summed E-state index contributed by atoms with van der Waals surface area (Å²) in [6.07, 6.45) is 6.21. The normalized spacial score (nSPS) is 18.0. The highest BCUT2D eigenvalue weighted by atomic mass is 16.1. The molecular weight excluding hydrogens is 288 g/mol. The fourth-order valence-electron chi connectivity index (χ4n) is 3.29. The lowest BCUT2D eigenvalue weighted by Crippen LogP contribution is -2.34. The van der Waals surface area contributed by atoms with E-state index in [2.05, 4.69) is 27.7 Å². The molecule has 1 aliphatic rings. The molecule has 0 N–H and O–H groups in total. The van der Waals surface area contributed by atoms with E-state index in [1.54, 1.807) is 24.1 Å². The highest BCUT2D eigenvalue weighted by Gasteiger charge is 2.23. The van der Waals surface area contributed by atoms with Crippen molar-refractivity contribution in [1.29, 1.82) is 0 Å². The molecule has 2 aromatic rings. The van der Waals surface area contributed by atoms with E-state index in [9.17, 15) is 4.79 Å². The number of aromatic nitrogens is 3. The van der Waals surface area contributed by atoms with E-state index >= 15 is 0 Å². The Morgan fingerprint density at radius 2 is 2.04 bits per heavy atom. The van der Waals surface area contributed by atoms with Gasteiger partial charge < -0.3 is 9.69 Å². The Morgan fingerprint density at radius 3 is 2.78 bits per heavy atom. The van der Waals surface area contributed by atoms with Gasteiger partial charge in [-0.1, -0.05) is 24.8 Å². The van der Waals surface area contributed by atoms with E-state index in [4.69, 9.17) is 0 Å². The van der Waals surface area contributed by atoms with E-state index in [1.807, 2.05) is 18.2 Å². The minimum atomic E-state index is 0.267. The lowest BCUT2D eigenvalue weighted by Gasteiger charge is -2.35. The van der Waals surface area contributed by atoms with Gasteiger partial charge in [0.05, 0.1) is 18.1 Å². The molecule has 0 aliphatic carbocycles. The van der Waals surface area contributed by atoms with E-state index in [0.29, 0.717) is 12.3 Å². The predicted octanol–water partition coefficient (Wildman–Crippen LogP) is 2.93. The van der Waals surface area contributed by atoms with Crippen molar-refractivity contribution in [2.45, 2.75) is 26.2 Å². The Labute approximate surface area is 136 Å². The summed E-state index contributed by atoms with van der Waals surface area (Å²) < 4.78 is 0. The van der Waals surface area contributed by atoms with Gasteiger partial charge in [-0.05, 0) is 31.7 Å². The average Bonchev–Trinajstić information content (AvgIpc) is 3.08. The van der Waals surface area contributed by atoms with Crippen LogP contribution in [0.15, 0.2) is 43.2 Å². The molecule has 1 atom stereocenters. The van der Waals surface area contributed by atoms with Crippen LogP contribution in [0.3, 0.4) is 0 Å². The third kappa shape index (κ3) is 3.50. The maximum Gasteiger partial charge on any atom is 0.130 e. The molecule has 1 aromatic heterocycles. The van der Waals surface area contributed by atoms with Gasteiger partial charge in [-0.3, -0.25) is 0 Å². The smallest absolute Gasteiger partial charge is 0.130 e. The highest BCUT2D eigenvalue weighted by molar-refractivity contribution is 5.76. The van der Waals surface area contributed by atoms with Crippen molar-refractivity contribution in [2.75, 3.05) is 13.1 Å². The monoisotopic (exact) mass is 310 g/mol. The van der Waals surface area contributed by atoms with Gasteiger partial charge in [0.15, 0.2) is 0 Å². The zero-order chi connectivity index (χ0) is 16.2. The van der Waals surface area contributed by atoms with Crippen LogP contribution in [0.5, 0.6) is 0 Å². The Kier molecular flexibility index (Phi) is 4.55. The highest BCUT2D eigenvalue weighted by Crippen LogP contribution is 2.29. The first-order valence-electron chi connectivity index (χ1n) is 8.04. The molecule has 0 radical (unpaired) electrons. The predicted molar refractivity (Wildman–Crippen MR) is 90.0 cm³/mol. The van der Waals surface area contributed by atoms with Crippen LogP contribution in [0.4, 0.5) is 0 Å². The van der Waals surface area contributed by atoms with Gasteiger partial charge in [-0.15, -0.1) is 0 Å². The molecule has 0 bridgehead atoms. The van der Waals surface area contributed by atoms with Gasteiger partial charge >= 0.3 is 0 Å². The minimum Gasteiger partial charge on any atom is -0.371 e. The zero-order valence-corrected chi connectivity index (χ0v) is 13.5. The molecule has 1 aliphatic heterocycles. The Balaban J connectivity index is 1.82. The number of benzene rings is 1. The lowest BCUT2D eigenvalue weighted by molar-refractivity contribution is -0.118. The molecule has 0 spiro atoms. The number of carbonyl (C=O) groups is 1. The number of hydrogen-bond donors (Lipinski definition) is 0. The Bertz CT molecular complexity index is 693. The van der Waals surface area contributed by atoms with Crippen molar-refractivity contribution in [3.8, 4) is 5.69 Å². The molecule has 120 valence electrons. The van der Waals surface area contributed by atoms with Gasteiger partial charge in [-0.25, -0.2) is 0 Å². The van der Waals surface area contributed by atoms with Crippen LogP contribution in [0.25, 0.3) is 11.4 Å². The number of piperidine rings is 1. The number of para-hydroxylation sites is 1. The molecule has 5 nitrogen and oxygen atoms in total. The fraction of sp³-hybridized carbons (Fsp3) is 0.389. The van der Waals surface area contributed by atoms with Gasteiger partial charge in [0, 0.05) is 30.8 Å². The number of rotatable bonds is 5. The molecule has 1 aromatic carbocycles. The van der Waals surface area contributed by atoms with Gasteiger partial charge in [0.1, 0.15) is 5.78 Å². The van der Waals surface area contributed by atoms with Crippen LogP contribution in [-0.4, -0.2) is 38.8 Å². The summed E-state index contributed by atoms with van der Waals surface area (Å²) in [5.41, 5.74) is 2.94. The second-order valence-corrected chi connectivity index (χ2v) is 6.14. The van der Waals surface area contributed by atoms with Crippen LogP contribution in [-0.2, 0) is 4.79 Å². The largest absolute Gasteiger partial charge is 0.371 e. The standard InChI is InChI=1S/C18H22N4O/c1-14(23)12-16-6-5-11-21(13-16)15(2)17-7-3-4-8-18(17)22-19-9-10-20-22/h3-4,7-10,16H,2,5-6,11-13H2,1H3. The van der Waals surface area contributed by atoms with Crippen LogP contribution < -0.4 is 0 Å². The first-order chi connectivity index (χ1) is 11.1. The maximum absolute atomic E-state index is 11.4. The molecule has 2 heterocycles. The van der Waals surface area contributed by atoms with Gasteiger partial charge in [0.2, 0.25) is 0 Å². The molecule has 1 fully saturated rings. The number of likely N-dealkylation sites (tertiary alicyclic amines) is 1. The number of nitrogens with zero attached hydrogens (tertiary/aromatic N) is 4. The number of hydrogen-bond acceptors (Lipinski definition) is 4. The topological polar surface area (TPSA) is 51.0 Å². The van der Waals surface area contributed by atoms with Crippen LogP contribution >= 0.6 is 0 Å². The average molecular weight is 310 g/mol. The summed E-state index contributed by atoms with van der Waals surface area (Å²) in [6.45, 7) is 7.85. The minimum absolute atomic E-state index is 0.267. The quantitative estimate of drug-likeness (QED) is 0.852. The summed E-state index contributed by atoms with van der Waals surface area (Å²) >= 11 is 0. The van der Waals surface area contributed by atoms with E-state index < -0.39 is 0 Å². The summed E-state index contributed by atoms with van der Waals surface area (Å²) in [7, 11) is 0. The number of ketones is 1. The summed E-state index contributed by atoms with van der Waals surface area (Å²) in [5.74, 6) is 0.691. The molecule has 23 heavy (non-hydrogen) atoms. The molecule has 3 rings (SSSR count). The first-order valence-corrected chi connectivity index (χ1v) is 8.04.